The molecule has 0 nitrogen and oxygen atoms in total. The standard InChI is InChI=1S/C17H24/c1-14(2)13-17(15-9-5-3-6-10-15)16-11-7-4-8-12-16/h3,5-6,9-10,13-14,16H,4,7-8,11-12H2,1-2H3. The van der Waals surface area contributed by atoms with Crippen molar-refractivity contribution in [2.45, 2.75) is 46.0 Å². The van der Waals surface area contributed by atoms with Crippen LogP contribution in [0.4, 0.5) is 0 Å². The maximum Gasteiger partial charge on any atom is -0.0159 e. The Kier molecular flexibility index (Phi) is 4.42. The zero-order valence-electron chi connectivity index (χ0n) is 11.2. The van der Waals surface area contributed by atoms with Crippen LogP contribution in [-0.2, 0) is 0 Å². The average Bonchev–Trinajstić information content (AvgIpc) is 2.38. The minimum Gasteiger partial charge on any atom is -0.0779 e. The van der Waals surface area contributed by atoms with Gasteiger partial charge in [-0.1, -0.05) is 69.5 Å². The van der Waals surface area contributed by atoms with E-state index in [4.69, 9.17) is 0 Å². The maximum atomic E-state index is 2.48. The van der Waals surface area contributed by atoms with Crippen molar-refractivity contribution >= 4 is 5.57 Å². The topological polar surface area (TPSA) is 0 Å². The molecular weight excluding hydrogens is 204 g/mol. The molecule has 0 atom stereocenters. The Balaban J connectivity index is 2.25. The third-order valence-electron chi connectivity index (χ3n) is 3.67. The molecule has 0 aliphatic heterocycles. The SMILES string of the molecule is CC(C)C=C(c1ccccc1)C1CCCCC1. The minimum absolute atomic E-state index is 0.645. The molecule has 1 fully saturated rings. The normalized spacial score (nSPS) is 18.6. The number of allylic oxidation sites excluding steroid dienone is 2. The molecule has 0 saturated heterocycles. The summed E-state index contributed by atoms with van der Waals surface area (Å²) in [6.07, 6.45) is 9.49. The number of benzene rings is 1. The molecule has 1 aliphatic rings. The van der Waals surface area contributed by atoms with Crippen LogP contribution in [0.5, 0.6) is 0 Å². The van der Waals surface area contributed by atoms with Gasteiger partial charge in [-0.15, -0.1) is 0 Å². The van der Waals surface area contributed by atoms with Crippen molar-refractivity contribution in [3.05, 3.63) is 42.0 Å². The molecule has 2 rings (SSSR count). The Bertz CT molecular complexity index is 353. The molecule has 0 heteroatoms. The van der Waals surface area contributed by atoms with Crippen LogP contribution in [0.1, 0.15) is 51.5 Å². The predicted molar refractivity (Wildman–Crippen MR) is 75.8 cm³/mol. The molecule has 0 heterocycles. The fraction of sp³-hybridized carbons (Fsp3) is 0.529. The molecule has 0 N–H and O–H groups in total. The summed E-state index contributed by atoms with van der Waals surface area (Å²) in [6.45, 7) is 4.57. The lowest BCUT2D eigenvalue weighted by Crippen LogP contribution is -2.09. The first kappa shape index (κ1) is 12.4. The van der Waals surface area contributed by atoms with E-state index in [-0.39, 0.29) is 0 Å². The molecule has 1 aromatic carbocycles. The molecule has 1 aliphatic carbocycles. The second kappa shape index (κ2) is 6.05. The van der Waals surface area contributed by atoms with Gasteiger partial charge in [-0.05, 0) is 35.8 Å². The molecule has 0 aromatic heterocycles. The van der Waals surface area contributed by atoms with Crippen LogP contribution in [-0.4, -0.2) is 0 Å². The van der Waals surface area contributed by atoms with Crippen molar-refractivity contribution in [1.82, 2.24) is 0 Å². The summed E-state index contributed by atoms with van der Waals surface area (Å²) in [7, 11) is 0. The van der Waals surface area contributed by atoms with Gasteiger partial charge in [0.05, 0.1) is 0 Å². The van der Waals surface area contributed by atoms with Crippen LogP contribution in [0, 0.1) is 11.8 Å². The first-order valence-corrected chi connectivity index (χ1v) is 7.04. The van der Waals surface area contributed by atoms with Gasteiger partial charge in [0.15, 0.2) is 0 Å². The van der Waals surface area contributed by atoms with Gasteiger partial charge >= 0.3 is 0 Å². The Morgan fingerprint density at radius 1 is 1.06 bits per heavy atom. The zero-order valence-corrected chi connectivity index (χ0v) is 11.2. The quantitative estimate of drug-likeness (QED) is 0.658. The summed E-state index contributed by atoms with van der Waals surface area (Å²) in [4.78, 5) is 0. The first-order valence-electron chi connectivity index (χ1n) is 7.04. The molecule has 1 saturated carbocycles. The highest BCUT2D eigenvalue weighted by molar-refractivity contribution is 5.67. The van der Waals surface area contributed by atoms with Gasteiger partial charge in [0, 0.05) is 0 Å². The van der Waals surface area contributed by atoms with E-state index in [1.165, 1.54) is 37.7 Å². The Morgan fingerprint density at radius 3 is 2.29 bits per heavy atom. The molecule has 0 radical (unpaired) electrons. The lowest BCUT2D eigenvalue weighted by molar-refractivity contribution is 0.428. The van der Waals surface area contributed by atoms with Crippen LogP contribution < -0.4 is 0 Å². The van der Waals surface area contributed by atoms with Gasteiger partial charge in [-0.3, -0.25) is 0 Å². The summed E-state index contributed by atoms with van der Waals surface area (Å²) in [5.41, 5.74) is 3.04. The van der Waals surface area contributed by atoms with E-state index in [9.17, 15) is 0 Å². The van der Waals surface area contributed by atoms with E-state index in [1.807, 2.05) is 0 Å². The fourth-order valence-corrected chi connectivity index (χ4v) is 2.87. The lowest BCUT2D eigenvalue weighted by atomic mass is 9.80. The van der Waals surface area contributed by atoms with Crippen LogP contribution in [0.2, 0.25) is 0 Å². The number of rotatable bonds is 3. The van der Waals surface area contributed by atoms with Gasteiger partial charge in [0.1, 0.15) is 0 Å². The molecule has 92 valence electrons. The highest BCUT2D eigenvalue weighted by atomic mass is 14.2. The van der Waals surface area contributed by atoms with Gasteiger partial charge < -0.3 is 0 Å². The van der Waals surface area contributed by atoms with Crippen LogP contribution >= 0.6 is 0 Å². The smallest absolute Gasteiger partial charge is 0.0159 e. The third kappa shape index (κ3) is 3.46. The van der Waals surface area contributed by atoms with E-state index in [1.54, 1.807) is 5.57 Å². The minimum atomic E-state index is 0.645. The molecule has 0 amide bonds. The largest absolute Gasteiger partial charge is 0.0779 e. The Hall–Kier alpha value is -1.04. The van der Waals surface area contributed by atoms with E-state index < -0.39 is 0 Å². The molecule has 0 bridgehead atoms. The van der Waals surface area contributed by atoms with Gasteiger partial charge in [-0.2, -0.15) is 0 Å². The molecule has 0 spiro atoms. The van der Waals surface area contributed by atoms with Crippen LogP contribution in [0.15, 0.2) is 36.4 Å². The predicted octanol–water partition coefficient (Wildman–Crippen LogP) is 5.31. The molecule has 1 aromatic rings. The monoisotopic (exact) mass is 228 g/mol. The van der Waals surface area contributed by atoms with Crippen molar-refractivity contribution < 1.29 is 0 Å². The van der Waals surface area contributed by atoms with Crippen molar-refractivity contribution in [3.8, 4) is 0 Å². The van der Waals surface area contributed by atoms with Crippen molar-refractivity contribution in [2.24, 2.45) is 11.8 Å². The highest BCUT2D eigenvalue weighted by Crippen LogP contribution is 2.35. The van der Waals surface area contributed by atoms with Gasteiger partial charge in [0.2, 0.25) is 0 Å². The molecule has 0 unspecified atom stereocenters. The number of hydrogen-bond acceptors (Lipinski definition) is 0. The molecule has 17 heavy (non-hydrogen) atoms. The second-order valence-electron chi connectivity index (χ2n) is 5.57. The van der Waals surface area contributed by atoms with Crippen LogP contribution in [0.25, 0.3) is 5.57 Å². The van der Waals surface area contributed by atoms with E-state index in [2.05, 4.69) is 50.3 Å². The first-order chi connectivity index (χ1) is 8.27. The summed E-state index contributed by atoms with van der Waals surface area (Å²) < 4.78 is 0. The summed E-state index contributed by atoms with van der Waals surface area (Å²) in [5, 5.41) is 0. The Morgan fingerprint density at radius 2 is 1.71 bits per heavy atom. The number of hydrogen-bond donors (Lipinski definition) is 0. The van der Waals surface area contributed by atoms with Gasteiger partial charge in [-0.25, -0.2) is 0 Å². The van der Waals surface area contributed by atoms with E-state index in [0.717, 1.165) is 5.92 Å². The van der Waals surface area contributed by atoms with Crippen molar-refractivity contribution in [2.75, 3.05) is 0 Å². The van der Waals surface area contributed by atoms with Crippen LogP contribution in [0.3, 0.4) is 0 Å². The van der Waals surface area contributed by atoms with E-state index >= 15 is 0 Å². The zero-order chi connectivity index (χ0) is 12.1. The average molecular weight is 228 g/mol. The van der Waals surface area contributed by atoms with Crippen molar-refractivity contribution in [3.63, 3.8) is 0 Å². The Labute approximate surface area is 106 Å². The van der Waals surface area contributed by atoms with E-state index in [0.29, 0.717) is 5.92 Å². The molecular formula is C17H24. The third-order valence-corrected chi connectivity index (χ3v) is 3.67. The fourth-order valence-electron chi connectivity index (χ4n) is 2.87. The highest BCUT2D eigenvalue weighted by Gasteiger charge is 2.18. The summed E-state index contributed by atoms with van der Waals surface area (Å²) in [6, 6.07) is 11.0. The second-order valence-corrected chi connectivity index (χ2v) is 5.57. The van der Waals surface area contributed by atoms with Crippen molar-refractivity contribution in [1.29, 1.82) is 0 Å². The summed E-state index contributed by atoms with van der Waals surface area (Å²) >= 11 is 0. The van der Waals surface area contributed by atoms with Gasteiger partial charge in [0.25, 0.3) is 0 Å². The lowest BCUT2D eigenvalue weighted by Gasteiger charge is -2.25. The maximum absolute atomic E-state index is 2.48. The summed E-state index contributed by atoms with van der Waals surface area (Å²) in [5.74, 6) is 1.45.